The highest BCUT2D eigenvalue weighted by Crippen LogP contribution is 2.30. The van der Waals surface area contributed by atoms with Crippen LogP contribution in [0.2, 0.25) is 10.0 Å². The molecule has 3 rings (SSSR count). The third-order valence-corrected chi connectivity index (χ3v) is 4.24. The van der Waals surface area contributed by atoms with E-state index < -0.39 is 11.7 Å². The molecule has 0 spiro atoms. The van der Waals surface area contributed by atoms with Crippen molar-refractivity contribution in [2.45, 2.75) is 13.5 Å². The lowest BCUT2D eigenvalue weighted by molar-refractivity contribution is 0.101. The van der Waals surface area contributed by atoms with E-state index in [4.69, 9.17) is 32.5 Å². The molecule has 0 aliphatic heterocycles. The Bertz CT molecular complexity index is 939. The second kappa shape index (κ2) is 7.76. The van der Waals surface area contributed by atoms with Crippen LogP contribution >= 0.6 is 23.2 Å². The molecule has 3 aromatic rings. The van der Waals surface area contributed by atoms with Crippen LogP contribution in [0.1, 0.15) is 21.8 Å². The molecule has 5 nitrogen and oxygen atoms in total. The Balaban J connectivity index is 1.81. The first-order chi connectivity index (χ1) is 12.5. The van der Waals surface area contributed by atoms with Crippen LogP contribution in [0.15, 0.2) is 47.0 Å². The van der Waals surface area contributed by atoms with E-state index in [-0.39, 0.29) is 33.8 Å². The lowest BCUT2D eigenvalue weighted by Crippen LogP contribution is -2.16. The number of aromatic nitrogens is 1. The SMILES string of the molecule is Cc1onc(C(=O)Nc2c(Cl)cccc2Cl)c1COc1ccccc1F. The van der Waals surface area contributed by atoms with Gasteiger partial charge in [-0.15, -0.1) is 0 Å². The number of carbonyl (C=O) groups excluding carboxylic acids is 1. The molecule has 134 valence electrons. The van der Waals surface area contributed by atoms with Crippen LogP contribution in [0, 0.1) is 12.7 Å². The van der Waals surface area contributed by atoms with Crippen LogP contribution < -0.4 is 10.1 Å². The second-order valence-electron chi connectivity index (χ2n) is 5.34. The molecule has 0 aliphatic rings. The summed E-state index contributed by atoms with van der Waals surface area (Å²) in [5.41, 5.74) is 0.672. The molecular formula is C18H13Cl2FN2O3. The summed E-state index contributed by atoms with van der Waals surface area (Å²) in [4.78, 5) is 12.6. The molecule has 1 heterocycles. The van der Waals surface area contributed by atoms with Gasteiger partial charge in [-0.3, -0.25) is 4.79 Å². The zero-order valence-electron chi connectivity index (χ0n) is 13.6. The predicted octanol–water partition coefficient (Wildman–Crippen LogP) is 5.26. The van der Waals surface area contributed by atoms with Gasteiger partial charge in [0, 0.05) is 0 Å². The van der Waals surface area contributed by atoms with Crippen LogP contribution in [0.5, 0.6) is 5.75 Å². The molecule has 0 aliphatic carbocycles. The number of ether oxygens (including phenoxy) is 1. The van der Waals surface area contributed by atoms with Crippen LogP contribution in [-0.2, 0) is 6.61 Å². The zero-order valence-corrected chi connectivity index (χ0v) is 15.1. The first-order valence-electron chi connectivity index (χ1n) is 7.55. The van der Waals surface area contributed by atoms with E-state index in [9.17, 15) is 9.18 Å². The molecule has 0 saturated heterocycles. The number of benzene rings is 2. The summed E-state index contributed by atoms with van der Waals surface area (Å²) in [7, 11) is 0. The minimum atomic E-state index is -0.566. The number of amides is 1. The first kappa shape index (κ1) is 18.2. The van der Waals surface area contributed by atoms with Crippen molar-refractivity contribution < 1.29 is 18.4 Å². The molecule has 0 unspecified atom stereocenters. The van der Waals surface area contributed by atoms with Crippen molar-refractivity contribution >= 4 is 34.8 Å². The number of para-hydroxylation sites is 2. The third-order valence-electron chi connectivity index (χ3n) is 3.61. The first-order valence-corrected chi connectivity index (χ1v) is 8.31. The van der Waals surface area contributed by atoms with Gasteiger partial charge in [-0.2, -0.15) is 0 Å². The predicted molar refractivity (Wildman–Crippen MR) is 96.4 cm³/mol. The Labute approximate surface area is 158 Å². The van der Waals surface area contributed by atoms with E-state index in [0.717, 1.165) is 0 Å². The largest absolute Gasteiger partial charge is 0.486 e. The number of nitrogens with zero attached hydrogens (tertiary/aromatic N) is 1. The summed E-state index contributed by atoms with van der Waals surface area (Å²) in [6.07, 6.45) is 0. The molecule has 1 N–H and O–H groups in total. The molecule has 8 heteroatoms. The average molecular weight is 395 g/mol. The topological polar surface area (TPSA) is 64.4 Å². The summed E-state index contributed by atoms with van der Waals surface area (Å²) >= 11 is 12.1. The van der Waals surface area contributed by atoms with Gasteiger partial charge in [0.05, 0.1) is 21.3 Å². The highest BCUT2D eigenvalue weighted by molar-refractivity contribution is 6.40. The van der Waals surface area contributed by atoms with Gasteiger partial charge < -0.3 is 14.6 Å². The molecular weight excluding hydrogens is 382 g/mol. The standard InChI is InChI=1S/C18H13Cl2FN2O3/c1-10-11(9-25-15-8-3-2-7-14(15)21)16(23-26-10)18(24)22-17-12(19)5-4-6-13(17)20/h2-8H,9H2,1H3,(H,22,24). The highest BCUT2D eigenvalue weighted by atomic mass is 35.5. The van der Waals surface area contributed by atoms with Gasteiger partial charge >= 0.3 is 0 Å². The Kier molecular flexibility index (Phi) is 5.44. The average Bonchev–Trinajstić information content (AvgIpc) is 2.98. The molecule has 1 amide bonds. The van der Waals surface area contributed by atoms with Crippen molar-refractivity contribution in [1.29, 1.82) is 0 Å². The molecule has 26 heavy (non-hydrogen) atoms. The van der Waals surface area contributed by atoms with Crippen molar-refractivity contribution in [3.8, 4) is 5.75 Å². The maximum absolute atomic E-state index is 13.7. The summed E-state index contributed by atoms with van der Waals surface area (Å²) in [5.74, 6) is -0.621. The minimum Gasteiger partial charge on any atom is -0.486 e. The molecule has 0 atom stereocenters. The van der Waals surface area contributed by atoms with Gasteiger partial charge in [-0.25, -0.2) is 4.39 Å². The highest BCUT2D eigenvalue weighted by Gasteiger charge is 2.22. The number of nitrogens with one attached hydrogen (secondary N) is 1. The summed E-state index contributed by atoms with van der Waals surface area (Å²) in [5, 5.41) is 6.94. The van der Waals surface area contributed by atoms with Gasteiger partial charge in [0.1, 0.15) is 12.4 Å². The number of anilines is 1. The fourth-order valence-electron chi connectivity index (χ4n) is 2.24. The van der Waals surface area contributed by atoms with Crippen LogP contribution in [0.4, 0.5) is 10.1 Å². The monoisotopic (exact) mass is 394 g/mol. The number of halogens is 3. The number of rotatable bonds is 5. The molecule has 0 bridgehead atoms. The van der Waals surface area contributed by atoms with Gasteiger partial charge in [0.25, 0.3) is 5.91 Å². The number of carbonyl (C=O) groups is 1. The van der Waals surface area contributed by atoms with E-state index in [2.05, 4.69) is 10.5 Å². The zero-order chi connectivity index (χ0) is 18.7. The van der Waals surface area contributed by atoms with Gasteiger partial charge in [0.15, 0.2) is 17.3 Å². The molecule has 0 radical (unpaired) electrons. The molecule has 0 saturated carbocycles. The maximum Gasteiger partial charge on any atom is 0.278 e. The quantitative estimate of drug-likeness (QED) is 0.640. The molecule has 1 aromatic heterocycles. The van der Waals surface area contributed by atoms with Gasteiger partial charge in [-0.1, -0.05) is 46.6 Å². The minimum absolute atomic E-state index is 0.00910. The van der Waals surface area contributed by atoms with Crippen molar-refractivity contribution in [3.63, 3.8) is 0 Å². The number of hydrogen-bond donors (Lipinski definition) is 1. The lowest BCUT2D eigenvalue weighted by Gasteiger charge is -2.09. The van der Waals surface area contributed by atoms with Crippen LogP contribution in [0.3, 0.4) is 0 Å². The van der Waals surface area contributed by atoms with E-state index >= 15 is 0 Å². The summed E-state index contributed by atoms with van der Waals surface area (Å²) in [6.45, 7) is 1.54. The summed E-state index contributed by atoms with van der Waals surface area (Å²) in [6, 6.07) is 10.8. The van der Waals surface area contributed by atoms with Crippen molar-refractivity contribution in [2.24, 2.45) is 0 Å². The van der Waals surface area contributed by atoms with E-state index in [0.29, 0.717) is 11.3 Å². The van der Waals surface area contributed by atoms with Crippen LogP contribution in [-0.4, -0.2) is 11.1 Å². The van der Waals surface area contributed by atoms with Crippen LogP contribution in [0.25, 0.3) is 0 Å². The van der Waals surface area contributed by atoms with Gasteiger partial charge in [-0.05, 0) is 31.2 Å². The Morgan fingerprint density at radius 3 is 2.58 bits per heavy atom. The maximum atomic E-state index is 13.7. The van der Waals surface area contributed by atoms with Crippen molar-refractivity contribution in [3.05, 3.63) is 75.3 Å². The van der Waals surface area contributed by atoms with Crippen molar-refractivity contribution in [2.75, 3.05) is 5.32 Å². The van der Waals surface area contributed by atoms with Crippen molar-refractivity contribution in [1.82, 2.24) is 5.16 Å². The smallest absolute Gasteiger partial charge is 0.278 e. The Morgan fingerprint density at radius 2 is 1.88 bits per heavy atom. The molecule has 2 aromatic carbocycles. The fourth-order valence-corrected chi connectivity index (χ4v) is 2.73. The summed E-state index contributed by atoms with van der Waals surface area (Å²) < 4.78 is 24.2. The second-order valence-corrected chi connectivity index (χ2v) is 6.15. The molecule has 0 fully saturated rings. The normalized spacial score (nSPS) is 10.6. The third kappa shape index (κ3) is 3.81. The van der Waals surface area contributed by atoms with E-state index in [1.165, 1.54) is 12.1 Å². The Hall–Kier alpha value is -2.57. The fraction of sp³-hybridized carbons (Fsp3) is 0.111. The Morgan fingerprint density at radius 1 is 1.19 bits per heavy atom. The van der Waals surface area contributed by atoms with Gasteiger partial charge in [0.2, 0.25) is 0 Å². The lowest BCUT2D eigenvalue weighted by atomic mass is 10.2. The number of hydrogen-bond acceptors (Lipinski definition) is 4. The van der Waals surface area contributed by atoms with E-state index in [1.54, 1.807) is 37.3 Å². The number of aryl methyl sites for hydroxylation is 1. The van der Waals surface area contributed by atoms with E-state index in [1.807, 2.05) is 0 Å².